The molecule has 1 unspecified atom stereocenters. The van der Waals surface area contributed by atoms with Crippen molar-refractivity contribution in [2.75, 3.05) is 14.2 Å². The van der Waals surface area contributed by atoms with Crippen molar-refractivity contribution < 1.29 is 19.4 Å². The first kappa shape index (κ1) is 14.8. The summed E-state index contributed by atoms with van der Waals surface area (Å²) in [5, 5.41) is 17.7. The fourth-order valence-corrected chi connectivity index (χ4v) is 1.73. The second-order valence-corrected chi connectivity index (χ2v) is 3.95. The molecule has 0 fully saturated rings. The Kier molecular flexibility index (Phi) is 5.15. The van der Waals surface area contributed by atoms with E-state index in [2.05, 4.69) is 0 Å². The first-order valence-corrected chi connectivity index (χ1v) is 5.66. The lowest BCUT2D eigenvalue weighted by Crippen LogP contribution is -2.13. The SMILES string of the molecule is COc1cc(C(N)CCC(=O)O)cc(C#N)c1OC. The highest BCUT2D eigenvalue weighted by Crippen LogP contribution is 2.34. The number of carbonyl (C=O) groups is 1. The molecule has 3 N–H and O–H groups in total. The molecule has 6 heteroatoms. The van der Waals surface area contributed by atoms with Crippen LogP contribution in [-0.2, 0) is 4.79 Å². The standard InChI is InChI=1S/C13H16N2O4/c1-18-11-6-8(10(15)3-4-12(16)17)5-9(7-14)13(11)19-2/h5-6,10H,3-4,15H2,1-2H3,(H,16,17). The lowest BCUT2D eigenvalue weighted by molar-refractivity contribution is -0.137. The summed E-state index contributed by atoms with van der Waals surface area (Å²) >= 11 is 0. The second kappa shape index (κ2) is 6.61. The van der Waals surface area contributed by atoms with Crippen molar-refractivity contribution in [3.8, 4) is 17.6 Å². The Bertz CT molecular complexity index is 508. The molecule has 0 heterocycles. The summed E-state index contributed by atoms with van der Waals surface area (Å²) in [6, 6.07) is 4.79. The fraction of sp³-hybridized carbons (Fsp3) is 0.385. The molecule has 0 bridgehead atoms. The van der Waals surface area contributed by atoms with Gasteiger partial charge in [0.25, 0.3) is 0 Å². The fourth-order valence-electron chi connectivity index (χ4n) is 1.73. The molecule has 1 aromatic rings. The number of aliphatic carboxylic acids is 1. The molecule has 0 amide bonds. The predicted molar refractivity (Wildman–Crippen MR) is 68.1 cm³/mol. The number of rotatable bonds is 6. The molecule has 1 rings (SSSR count). The average Bonchev–Trinajstić information content (AvgIpc) is 2.42. The Morgan fingerprint density at radius 1 is 1.47 bits per heavy atom. The summed E-state index contributed by atoms with van der Waals surface area (Å²) < 4.78 is 10.3. The summed E-state index contributed by atoms with van der Waals surface area (Å²) in [4.78, 5) is 10.5. The highest BCUT2D eigenvalue weighted by atomic mass is 16.5. The van der Waals surface area contributed by atoms with E-state index in [9.17, 15) is 4.79 Å². The van der Waals surface area contributed by atoms with Crippen LogP contribution in [0, 0.1) is 11.3 Å². The number of nitriles is 1. The number of nitrogens with two attached hydrogens (primary N) is 1. The zero-order chi connectivity index (χ0) is 14.4. The number of carboxylic acid groups (broad SMARTS) is 1. The zero-order valence-electron chi connectivity index (χ0n) is 10.8. The smallest absolute Gasteiger partial charge is 0.303 e. The Balaban J connectivity index is 3.09. The zero-order valence-corrected chi connectivity index (χ0v) is 10.8. The second-order valence-electron chi connectivity index (χ2n) is 3.95. The highest BCUT2D eigenvalue weighted by molar-refractivity contribution is 5.66. The van der Waals surface area contributed by atoms with E-state index in [0.29, 0.717) is 22.6 Å². The predicted octanol–water partition coefficient (Wildman–Crippen LogP) is 1.44. The summed E-state index contributed by atoms with van der Waals surface area (Å²) in [7, 11) is 2.91. The highest BCUT2D eigenvalue weighted by Gasteiger charge is 2.16. The number of ether oxygens (including phenoxy) is 2. The summed E-state index contributed by atoms with van der Waals surface area (Å²) in [5.74, 6) is -0.155. The van der Waals surface area contributed by atoms with Gasteiger partial charge in [-0.2, -0.15) is 5.26 Å². The third kappa shape index (κ3) is 3.60. The van der Waals surface area contributed by atoms with Crippen molar-refractivity contribution in [2.45, 2.75) is 18.9 Å². The molecule has 102 valence electrons. The van der Waals surface area contributed by atoms with Crippen molar-refractivity contribution in [3.63, 3.8) is 0 Å². The lowest BCUT2D eigenvalue weighted by Gasteiger charge is -2.15. The van der Waals surface area contributed by atoms with Gasteiger partial charge in [0.1, 0.15) is 6.07 Å². The van der Waals surface area contributed by atoms with Crippen LogP contribution in [0.15, 0.2) is 12.1 Å². The van der Waals surface area contributed by atoms with Gasteiger partial charge in [-0.1, -0.05) is 0 Å². The van der Waals surface area contributed by atoms with Crippen LogP contribution in [0.2, 0.25) is 0 Å². The van der Waals surface area contributed by atoms with Crippen molar-refractivity contribution >= 4 is 5.97 Å². The van der Waals surface area contributed by atoms with Crippen LogP contribution < -0.4 is 15.2 Å². The molecule has 0 spiro atoms. The molecule has 1 atom stereocenters. The summed E-state index contributed by atoms with van der Waals surface area (Å²) in [6.45, 7) is 0. The topological polar surface area (TPSA) is 106 Å². The van der Waals surface area contributed by atoms with Crippen molar-refractivity contribution in [1.29, 1.82) is 5.26 Å². The monoisotopic (exact) mass is 264 g/mol. The number of carboxylic acids is 1. The number of hydrogen-bond donors (Lipinski definition) is 2. The minimum Gasteiger partial charge on any atom is -0.493 e. The first-order chi connectivity index (χ1) is 9.03. The first-order valence-electron chi connectivity index (χ1n) is 5.66. The normalized spacial score (nSPS) is 11.5. The van der Waals surface area contributed by atoms with Crippen molar-refractivity contribution in [2.24, 2.45) is 5.73 Å². The number of benzene rings is 1. The summed E-state index contributed by atoms with van der Waals surface area (Å²) in [5.41, 5.74) is 6.87. The molecular formula is C13H16N2O4. The van der Waals surface area contributed by atoms with Gasteiger partial charge in [0.05, 0.1) is 19.8 Å². The van der Waals surface area contributed by atoms with Crippen LogP contribution in [0.4, 0.5) is 0 Å². The van der Waals surface area contributed by atoms with Crippen LogP contribution in [0.3, 0.4) is 0 Å². The van der Waals surface area contributed by atoms with Crippen molar-refractivity contribution in [3.05, 3.63) is 23.3 Å². The van der Waals surface area contributed by atoms with E-state index >= 15 is 0 Å². The maximum atomic E-state index is 10.5. The van der Waals surface area contributed by atoms with E-state index in [1.54, 1.807) is 12.1 Å². The number of nitrogens with zero attached hydrogens (tertiary/aromatic N) is 1. The van der Waals surface area contributed by atoms with Crippen LogP contribution in [0.5, 0.6) is 11.5 Å². The van der Waals surface area contributed by atoms with Crippen molar-refractivity contribution in [1.82, 2.24) is 0 Å². The van der Waals surface area contributed by atoms with Gasteiger partial charge < -0.3 is 20.3 Å². The molecule has 0 radical (unpaired) electrons. The minimum absolute atomic E-state index is 0.0304. The minimum atomic E-state index is -0.906. The maximum absolute atomic E-state index is 10.5. The van der Waals surface area contributed by atoms with E-state index in [1.165, 1.54) is 14.2 Å². The van der Waals surface area contributed by atoms with Crippen LogP contribution >= 0.6 is 0 Å². The summed E-state index contributed by atoms with van der Waals surface area (Å²) in [6.07, 6.45) is 0.257. The van der Waals surface area contributed by atoms with E-state index in [4.69, 9.17) is 25.6 Å². The third-order valence-corrected chi connectivity index (χ3v) is 2.72. The molecule has 0 aliphatic carbocycles. The van der Waals surface area contributed by atoms with E-state index in [1.807, 2.05) is 6.07 Å². The molecule has 0 aromatic heterocycles. The molecule has 6 nitrogen and oxygen atoms in total. The van der Waals surface area contributed by atoms with Crippen LogP contribution in [0.1, 0.15) is 30.0 Å². The van der Waals surface area contributed by atoms with E-state index in [-0.39, 0.29) is 12.8 Å². The molecular weight excluding hydrogens is 248 g/mol. The quantitative estimate of drug-likeness (QED) is 0.805. The van der Waals surface area contributed by atoms with Crippen LogP contribution in [0.25, 0.3) is 0 Å². The Labute approximate surface area is 111 Å². The number of hydrogen-bond acceptors (Lipinski definition) is 5. The molecule has 1 aromatic carbocycles. The maximum Gasteiger partial charge on any atom is 0.303 e. The molecule has 19 heavy (non-hydrogen) atoms. The van der Waals surface area contributed by atoms with Gasteiger partial charge in [0.15, 0.2) is 11.5 Å². The van der Waals surface area contributed by atoms with E-state index in [0.717, 1.165) is 0 Å². The molecule has 0 aliphatic heterocycles. The number of methoxy groups -OCH3 is 2. The van der Waals surface area contributed by atoms with Crippen LogP contribution in [-0.4, -0.2) is 25.3 Å². The van der Waals surface area contributed by atoms with Gasteiger partial charge in [-0.05, 0) is 24.1 Å². The average molecular weight is 264 g/mol. The van der Waals surface area contributed by atoms with Gasteiger partial charge >= 0.3 is 5.97 Å². The Hall–Kier alpha value is -2.26. The largest absolute Gasteiger partial charge is 0.493 e. The van der Waals surface area contributed by atoms with Gasteiger partial charge in [0.2, 0.25) is 0 Å². The van der Waals surface area contributed by atoms with E-state index < -0.39 is 12.0 Å². The lowest BCUT2D eigenvalue weighted by atomic mass is 10.00. The van der Waals surface area contributed by atoms with Gasteiger partial charge in [-0.3, -0.25) is 4.79 Å². The van der Waals surface area contributed by atoms with Gasteiger partial charge in [-0.25, -0.2) is 0 Å². The third-order valence-electron chi connectivity index (χ3n) is 2.72. The van der Waals surface area contributed by atoms with Gasteiger partial charge in [0, 0.05) is 12.5 Å². The Morgan fingerprint density at radius 3 is 2.63 bits per heavy atom. The molecule has 0 saturated carbocycles. The Morgan fingerprint density at radius 2 is 2.16 bits per heavy atom. The molecule has 0 aliphatic rings. The molecule has 0 saturated heterocycles. The van der Waals surface area contributed by atoms with Gasteiger partial charge in [-0.15, -0.1) is 0 Å².